The molecule has 0 saturated heterocycles. The molecule has 22 heavy (non-hydrogen) atoms. The van der Waals surface area contributed by atoms with Crippen LogP contribution in [-0.2, 0) is 11.3 Å². The third-order valence-corrected chi connectivity index (χ3v) is 3.20. The van der Waals surface area contributed by atoms with Crippen molar-refractivity contribution in [2.45, 2.75) is 6.61 Å². The number of benzene rings is 2. The number of carbonyl (C=O) groups excluding carboxylic acids is 3. The van der Waals surface area contributed by atoms with Gasteiger partial charge in [0.15, 0.2) is 0 Å². The highest BCUT2D eigenvalue weighted by atomic mass is 16.5. The van der Waals surface area contributed by atoms with Gasteiger partial charge in [-0.25, -0.2) is 4.79 Å². The smallest absolute Gasteiger partial charge is 0.411 e. The van der Waals surface area contributed by atoms with Gasteiger partial charge in [0.05, 0.1) is 11.1 Å². The van der Waals surface area contributed by atoms with Crippen molar-refractivity contribution in [3.05, 3.63) is 65.2 Å². The first-order valence-corrected chi connectivity index (χ1v) is 6.61. The van der Waals surface area contributed by atoms with Crippen molar-refractivity contribution in [3.63, 3.8) is 0 Å². The van der Waals surface area contributed by atoms with E-state index in [0.717, 1.165) is 5.56 Å². The van der Waals surface area contributed by atoms with Gasteiger partial charge in [-0.3, -0.25) is 20.2 Å². The van der Waals surface area contributed by atoms with Crippen molar-refractivity contribution in [2.24, 2.45) is 0 Å². The summed E-state index contributed by atoms with van der Waals surface area (Å²) < 4.78 is 5.08. The fourth-order valence-electron chi connectivity index (χ4n) is 2.12. The molecule has 6 heteroatoms. The Morgan fingerprint density at radius 3 is 2.50 bits per heavy atom. The minimum absolute atomic E-state index is 0.149. The van der Waals surface area contributed by atoms with Crippen molar-refractivity contribution in [3.8, 4) is 0 Å². The largest absolute Gasteiger partial charge is 0.444 e. The first-order chi connectivity index (χ1) is 10.6. The van der Waals surface area contributed by atoms with Crippen LogP contribution in [0.5, 0.6) is 0 Å². The highest BCUT2D eigenvalue weighted by Gasteiger charge is 2.26. The molecule has 0 fully saturated rings. The molecular formula is C16H12N2O4. The second-order valence-electron chi connectivity index (χ2n) is 4.73. The van der Waals surface area contributed by atoms with Crippen LogP contribution >= 0.6 is 0 Å². The molecule has 3 amide bonds. The number of rotatable bonds is 3. The van der Waals surface area contributed by atoms with Gasteiger partial charge in [0.2, 0.25) is 0 Å². The van der Waals surface area contributed by atoms with Crippen LogP contribution in [-0.4, -0.2) is 17.9 Å². The zero-order valence-corrected chi connectivity index (χ0v) is 11.5. The number of imide groups is 1. The molecule has 1 aliphatic rings. The lowest BCUT2D eigenvalue weighted by Crippen LogP contribution is -2.19. The van der Waals surface area contributed by atoms with E-state index >= 15 is 0 Å². The molecule has 3 rings (SSSR count). The van der Waals surface area contributed by atoms with Gasteiger partial charge in [-0.05, 0) is 23.8 Å². The van der Waals surface area contributed by atoms with E-state index < -0.39 is 17.9 Å². The summed E-state index contributed by atoms with van der Waals surface area (Å²) in [4.78, 5) is 34.7. The van der Waals surface area contributed by atoms with E-state index in [9.17, 15) is 14.4 Å². The molecule has 0 bridgehead atoms. The molecule has 0 radical (unpaired) electrons. The van der Waals surface area contributed by atoms with Crippen molar-refractivity contribution in [1.29, 1.82) is 0 Å². The maximum atomic E-state index is 11.7. The molecule has 0 saturated carbocycles. The molecule has 0 atom stereocenters. The lowest BCUT2D eigenvalue weighted by atomic mass is 10.1. The molecule has 0 aliphatic carbocycles. The second kappa shape index (κ2) is 5.69. The summed E-state index contributed by atoms with van der Waals surface area (Å²) in [5.74, 6) is -0.903. The number of carbonyl (C=O) groups is 3. The van der Waals surface area contributed by atoms with E-state index in [1.54, 1.807) is 6.07 Å². The first kappa shape index (κ1) is 13.8. The molecule has 2 N–H and O–H groups in total. The first-order valence-electron chi connectivity index (χ1n) is 6.61. The molecule has 0 spiro atoms. The monoisotopic (exact) mass is 296 g/mol. The Hall–Kier alpha value is -3.15. The summed E-state index contributed by atoms with van der Waals surface area (Å²) in [5.41, 5.74) is 1.80. The van der Waals surface area contributed by atoms with E-state index in [1.165, 1.54) is 12.1 Å². The fourth-order valence-corrected chi connectivity index (χ4v) is 2.12. The number of amides is 3. The number of fused-ring (bicyclic) bond motifs is 1. The van der Waals surface area contributed by atoms with Gasteiger partial charge in [-0.2, -0.15) is 0 Å². The van der Waals surface area contributed by atoms with Crippen molar-refractivity contribution < 1.29 is 19.1 Å². The van der Waals surface area contributed by atoms with Crippen LogP contribution in [0.25, 0.3) is 0 Å². The van der Waals surface area contributed by atoms with Crippen LogP contribution in [0.3, 0.4) is 0 Å². The zero-order valence-electron chi connectivity index (χ0n) is 11.5. The highest BCUT2D eigenvalue weighted by molar-refractivity contribution is 6.21. The van der Waals surface area contributed by atoms with E-state index in [1.807, 2.05) is 30.3 Å². The molecule has 0 unspecified atom stereocenters. The number of anilines is 1. The van der Waals surface area contributed by atoms with Gasteiger partial charge in [0.25, 0.3) is 11.8 Å². The molecular weight excluding hydrogens is 284 g/mol. The van der Waals surface area contributed by atoms with Gasteiger partial charge in [-0.15, -0.1) is 0 Å². The molecule has 2 aromatic rings. The topological polar surface area (TPSA) is 84.5 Å². The van der Waals surface area contributed by atoms with Crippen molar-refractivity contribution in [1.82, 2.24) is 5.32 Å². The summed E-state index contributed by atoms with van der Waals surface area (Å²) in [5, 5.41) is 4.71. The van der Waals surface area contributed by atoms with Crippen LogP contribution in [0.1, 0.15) is 26.3 Å². The summed E-state index contributed by atoms with van der Waals surface area (Å²) >= 11 is 0. The molecule has 0 aromatic heterocycles. The number of hydrogen-bond acceptors (Lipinski definition) is 4. The lowest BCUT2D eigenvalue weighted by Gasteiger charge is -2.07. The van der Waals surface area contributed by atoms with Crippen LogP contribution in [0.15, 0.2) is 48.5 Å². The van der Waals surface area contributed by atoms with Crippen molar-refractivity contribution >= 4 is 23.6 Å². The van der Waals surface area contributed by atoms with Crippen LogP contribution in [0.4, 0.5) is 10.5 Å². The van der Waals surface area contributed by atoms with Gasteiger partial charge in [0.1, 0.15) is 6.61 Å². The predicted octanol–water partition coefficient (Wildman–Crippen LogP) is 2.32. The minimum atomic E-state index is -0.631. The summed E-state index contributed by atoms with van der Waals surface area (Å²) in [6.07, 6.45) is -0.631. The third kappa shape index (κ3) is 2.80. The summed E-state index contributed by atoms with van der Waals surface area (Å²) in [6.45, 7) is 0.149. The quantitative estimate of drug-likeness (QED) is 0.851. The molecule has 1 aliphatic heterocycles. The zero-order chi connectivity index (χ0) is 15.5. The summed E-state index contributed by atoms with van der Waals surface area (Å²) in [6, 6.07) is 13.7. The Kier molecular flexibility index (Phi) is 3.57. The average molecular weight is 296 g/mol. The van der Waals surface area contributed by atoms with Crippen LogP contribution < -0.4 is 10.6 Å². The van der Waals surface area contributed by atoms with Crippen LogP contribution in [0, 0.1) is 0 Å². The average Bonchev–Trinajstić information content (AvgIpc) is 2.81. The lowest BCUT2D eigenvalue weighted by molar-refractivity contribution is 0.0879. The second-order valence-corrected chi connectivity index (χ2v) is 4.73. The Morgan fingerprint density at radius 2 is 1.73 bits per heavy atom. The van der Waals surface area contributed by atoms with Gasteiger partial charge < -0.3 is 4.74 Å². The van der Waals surface area contributed by atoms with E-state index in [0.29, 0.717) is 11.3 Å². The van der Waals surface area contributed by atoms with Crippen LogP contribution in [0.2, 0.25) is 0 Å². The summed E-state index contributed by atoms with van der Waals surface area (Å²) in [7, 11) is 0. The van der Waals surface area contributed by atoms with Gasteiger partial charge in [-0.1, -0.05) is 30.3 Å². The van der Waals surface area contributed by atoms with E-state index in [2.05, 4.69) is 10.6 Å². The maximum Gasteiger partial charge on any atom is 0.411 e. The predicted molar refractivity (Wildman–Crippen MR) is 78.5 cm³/mol. The van der Waals surface area contributed by atoms with Gasteiger partial charge in [0, 0.05) is 5.69 Å². The SMILES string of the molecule is O=C(Nc1ccc2c(c1)C(=O)NC2=O)OCc1ccccc1. The maximum absolute atomic E-state index is 11.7. The third-order valence-electron chi connectivity index (χ3n) is 3.20. The Labute approximate surface area is 126 Å². The van der Waals surface area contributed by atoms with E-state index in [-0.39, 0.29) is 12.2 Å². The molecule has 110 valence electrons. The molecule has 6 nitrogen and oxygen atoms in total. The minimum Gasteiger partial charge on any atom is -0.444 e. The Balaban J connectivity index is 1.64. The Bertz CT molecular complexity index is 756. The highest BCUT2D eigenvalue weighted by Crippen LogP contribution is 2.20. The fraction of sp³-hybridized carbons (Fsp3) is 0.0625. The Morgan fingerprint density at radius 1 is 1.00 bits per heavy atom. The number of hydrogen-bond donors (Lipinski definition) is 2. The van der Waals surface area contributed by atoms with Gasteiger partial charge >= 0.3 is 6.09 Å². The number of ether oxygens (including phenoxy) is 1. The standard InChI is InChI=1S/C16H12N2O4/c19-14-12-7-6-11(8-13(12)15(20)18-14)17-16(21)22-9-10-4-2-1-3-5-10/h1-8H,9H2,(H,17,21)(H,18,19,20). The normalized spacial score (nSPS) is 12.5. The van der Waals surface area contributed by atoms with E-state index in [4.69, 9.17) is 4.74 Å². The molecule has 1 heterocycles. The van der Waals surface area contributed by atoms with Crippen molar-refractivity contribution in [2.75, 3.05) is 5.32 Å². The molecule has 2 aromatic carbocycles. The number of nitrogens with one attached hydrogen (secondary N) is 2.